The van der Waals surface area contributed by atoms with Crippen LogP contribution in [0.5, 0.6) is 0 Å². The Morgan fingerprint density at radius 1 is 1.67 bits per heavy atom. The first-order valence-corrected chi connectivity index (χ1v) is 3.46. The van der Waals surface area contributed by atoms with E-state index in [-0.39, 0.29) is 11.4 Å². The highest BCUT2D eigenvalue weighted by molar-refractivity contribution is 5.92. The van der Waals surface area contributed by atoms with Gasteiger partial charge < -0.3 is 5.73 Å². The zero-order valence-electron chi connectivity index (χ0n) is 6.89. The lowest BCUT2D eigenvalue weighted by atomic mass is 10.2. The topological polar surface area (TPSA) is 56.0 Å². The van der Waals surface area contributed by atoms with Gasteiger partial charge in [-0.2, -0.15) is 0 Å². The molecule has 0 amide bonds. The summed E-state index contributed by atoms with van der Waals surface area (Å²) in [6, 6.07) is 1.11. The molecule has 0 saturated carbocycles. The lowest BCUT2D eigenvalue weighted by molar-refractivity contribution is 0.100. The maximum absolute atomic E-state index is 12.9. The van der Waals surface area contributed by atoms with Gasteiger partial charge in [0.25, 0.3) is 0 Å². The lowest BCUT2D eigenvalue weighted by Gasteiger charge is -2.02. The average molecular weight is 168 g/mol. The molecule has 0 atom stereocenters. The number of carbonyl (C=O) groups is 1. The molecule has 0 aliphatic heterocycles. The van der Waals surface area contributed by atoms with Crippen LogP contribution < -0.4 is 5.73 Å². The number of aromatic nitrogens is 1. The normalized spacial score (nSPS) is 9.92. The van der Waals surface area contributed by atoms with E-state index in [1.165, 1.54) is 6.92 Å². The maximum atomic E-state index is 12.9. The predicted molar refractivity (Wildman–Crippen MR) is 43.3 cm³/mol. The Balaban J connectivity index is 3.33. The number of anilines is 1. The highest BCUT2D eigenvalue weighted by Gasteiger charge is 2.10. The summed E-state index contributed by atoms with van der Waals surface area (Å²) in [4.78, 5) is 14.5. The van der Waals surface area contributed by atoms with Crippen molar-refractivity contribution in [3.05, 3.63) is 23.3 Å². The summed E-state index contributed by atoms with van der Waals surface area (Å²) in [6.45, 7) is 2.89. The molecule has 0 aromatic carbocycles. The van der Waals surface area contributed by atoms with E-state index in [1.54, 1.807) is 6.92 Å². The third-order valence-corrected chi connectivity index (χ3v) is 1.54. The van der Waals surface area contributed by atoms with E-state index in [4.69, 9.17) is 5.73 Å². The average Bonchev–Trinajstić information content (AvgIpc) is 1.96. The van der Waals surface area contributed by atoms with Crippen LogP contribution in [0.3, 0.4) is 0 Å². The van der Waals surface area contributed by atoms with E-state index in [0.717, 1.165) is 6.07 Å². The van der Waals surface area contributed by atoms with Crippen molar-refractivity contribution in [2.75, 3.05) is 5.73 Å². The van der Waals surface area contributed by atoms with Gasteiger partial charge in [0, 0.05) is 13.0 Å². The Morgan fingerprint density at radius 3 is 2.75 bits per heavy atom. The molecule has 12 heavy (non-hydrogen) atoms. The van der Waals surface area contributed by atoms with E-state index in [1.807, 2.05) is 0 Å². The monoisotopic (exact) mass is 168 g/mol. The van der Waals surface area contributed by atoms with E-state index in [2.05, 4.69) is 4.98 Å². The van der Waals surface area contributed by atoms with Crippen molar-refractivity contribution in [1.82, 2.24) is 4.98 Å². The minimum atomic E-state index is -0.661. The summed E-state index contributed by atoms with van der Waals surface area (Å²) in [6.07, 6.45) is 0. The van der Waals surface area contributed by atoms with Crippen LogP contribution in [0, 0.1) is 12.7 Å². The summed E-state index contributed by atoms with van der Waals surface area (Å²) < 4.78 is 12.9. The Labute approximate surface area is 69.4 Å². The fourth-order valence-corrected chi connectivity index (χ4v) is 0.842. The standard InChI is InChI=1S/C8H9FN2O/c1-4-7(10)3-6(9)8(11-4)5(2)12/h3H,10H2,1-2H3. The first kappa shape index (κ1) is 8.64. The number of hydrogen-bond donors (Lipinski definition) is 1. The highest BCUT2D eigenvalue weighted by atomic mass is 19.1. The minimum Gasteiger partial charge on any atom is -0.397 e. The number of hydrogen-bond acceptors (Lipinski definition) is 3. The Bertz CT molecular complexity index is 336. The number of Topliss-reactive ketones (excluding diaryl/α,β-unsaturated/α-hetero) is 1. The molecule has 0 aliphatic carbocycles. The molecule has 1 aromatic rings. The molecule has 4 heteroatoms. The van der Waals surface area contributed by atoms with E-state index in [9.17, 15) is 9.18 Å². The highest BCUT2D eigenvalue weighted by Crippen LogP contribution is 2.13. The quantitative estimate of drug-likeness (QED) is 0.643. The number of aryl methyl sites for hydroxylation is 1. The SMILES string of the molecule is CC(=O)c1nc(C)c(N)cc1F. The number of rotatable bonds is 1. The summed E-state index contributed by atoms with van der Waals surface area (Å²) >= 11 is 0. The number of nitrogens with two attached hydrogens (primary N) is 1. The van der Waals surface area contributed by atoms with E-state index < -0.39 is 11.6 Å². The van der Waals surface area contributed by atoms with Crippen molar-refractivity contribution in [2.24, 2.45) is 0 Å². The van der Waals surface area contributed by atoms with Crippen LogP contribution in [0.1, 0.15) is 23.1 Å². The van der Waals surface area contributed by atoms with Crippen LogP contribution in [0.25, 0.3) is 0 Å². The number of halogens is 1. The molecular weight excluding hydrogens is 159 g/mol. The minimum absolute atomic E-state index is 0.151. The van der Waals surface area contributed by atoms with E-state index in [0.29, 0.717) is 5.69 Å². The molecule has 1 heterocycles. The van der Waals surface area contributed by atoms with Gasteiger partial charge in [-0.15, -0.1) is 0 Å². The third kappa shape index (κ3) is 1.42. The first-order valence-electron chi connectivity index (χ1n) is 3.46. The fraction of sp³-hybridized carbons (Fsp3) is 0.250. The molecule has 64 valence electrons. The molecule has 0 fully saturated rings. The van der Waals surface area contributed by atoms with Crippen LogP contribution >= 0.6 is 0 Å². The molecule has 3 nitrogen and oxygen atoms in total. The van der Waals surface area contributed by atoms with Gasteiger partial charge in [0.1, 0.15) is 5.69 Å². The number of carbonyl (C=O) groups excluding carboxylic acids is 1. The van der Waals surface area contributed by atoms with Gasteiger partial charge >= 0.3 is 0 Å². The molecular formula is C8H9FN2O. The van der Waals surface area contributed by atoms with Crippen LogP contribution in [0.15, 0.2) is 6.07 Å². The van der Waals surface area contributed by atoms with Crippen LogP contribution in [0.4, 0.5) is 10.1 Å². The molecule has 2 N–H and O–H groups in total. The zero-order valence-corrected chi connectivity index (χ0v) is 6.89. The van der Waals surface area contributed by atoms with Gasteiger partial charge in [0.15, 0.2) is 11.6 Å². The van der Waals surface area contributed by atoms with Crippen molar-refractivity contribution in [2.45, 2.75) is 13.8 Å². The second kappa shape index (κ2) is 2.89. The van der Waals surface area contributed by atoms with Gasteiger partial charge in [0.05, 0.1) is 11.4 Å². The van der Waals surface area contributed by atoms with Crippen molar-refractivity contribution in [3.63, 3.8) is 0 Å². The summed E-state index contributed by atoms with van der Waals surface area (Å²) in [5.41, 5.74) is 5.96. The van der Waals surface area contributed by atoms with Gasteiger partial charge in [-0.3, -0.25) is 4.79 Å². The third-order valence-electron chi connectivity index (χ3n) is 1.54. The van der Waals surface area contributed by atoms with E-state index >= 15 is 0 Å². The van der Waals surface area contributed by atoms with Gasteiger partial charge in [-0.1, -0.05) is 0 Å². The van der Waals surface area contributed by atoms with Gasteiger partial charge in [-0.25, -0.2) is 9.37 Å². The van der Waals surface area contributed by atoms with Crippen molar-refractivity contribution in [1.29, 1.82) is 0 Å². The maximum Gasteiger partial charge on any atom is 0.181 e. The van der Waals surface area contributed by atoms with Crippen molar-refractivity contribution < 1.29 is 9.18 Å². The Hall–Kier alpha value is -1.45. The smallest absolute Gasteiger partial charge is 0.181 e. The fourth-order valence-electron chi connectivity index (χ4n) is 0.842. The molecule has 1 aromatic heterocycles. The number of nitrogen functional groups attached to an aromatic ring is 1. The lowest BCUT2D eigenvalue weighted by Crippen LogP contribution is -2.05. The zero-order chi connectivity index (χ0) is 9.30. The number of pyridine rings is 1. The molecule has 0 radical (unpaired) electrons. The molecule has 0 bridgehead atoms. The van der Waals surface area contributed by atoms with Crippen molar-refractivity contribution in [3.8, 4) is 0 Å². The molecule has 0 unspecified atom stereocenters. The van der Waals surface area contributed by atoms with Crippen LogP contribution in [-0.4, -0.2) is 10.8 Å². The largest absolute Gasteiger partial charge is 0.397 e. The summed E-state index contributed by atoms with van der Waals surface area (Å²) in [5.74, 6) is -1.05. The Kier molecular flexibility index (Phi) is 2.08. The number of nitrogens with zero attached hydrogens (tertiary/aromatic N) is 1. The molecule has 1 rings (SSSR count). The predicted octanol–water partition coefficient (Wildman–Crippen LogP) is 1.31. The number of ketones is 1. The van der Waals surface area contributed by atoms with Crippen molar-refractivity contribution >= 4 is 11.5 Å². The summed E-state index contributed by atoms with van der Waals surface area (Å²) in [7, 11) is 0. The van der Waals surface area contributed by atoms with Crippen LogP contribution in [-0.2, 0) is 0 Å². The molecule has 0 saturated heterocycles. The first-order chi connectivity index (χ1) is 5.52. The molecule has 0 spiro atoms. The second-order valence-corrected chi connectivity index (χ2v) is 2.55. The second-order valence-electron chi connectivity index (χ2n) is 2.55. The summed E-state index contributed by atoms with van der Waals surface area (Å²) in [5, 5.41) is 0. The Morgan fingerprint density at radius 2 is 2.25 bits per heavy atom. The van der Waals surface area contributed by atoms with Crippen LogP contribution in [0.2, 0.25) is 0 Å². The van der Waals surface area contributed by atoms with Gasteiger partial charge in [0.2, 0.25) is 0 Å². The van der Waals surface area contributed by atoms with Gasteiger partial charge in [-0.05, 0) is 6.92 Å². The molecule has 0 aliphatic rings.